The van der Waals surface area contributed by atoms with Crippen LogP contribution in [0.3, 0.4) is 0 Å². The third-order valence-corrected chi connectivity index (χ3v) is 6.34. The number of halogens is 2. The summed E-state index contributed by atoms with van der Waals surface area (Å²) in [7, 11) is 0. The molecule has 0 unspecified atom stereocenters. The molecule has 11 heteroatoms. The number of hydrogen-bond acceptors (Lipinski definition) is 8. The Morgan fingerprint density at radius 1 is 1.15 bits per heavy atom. The molecular weight excluding hydrogens is 479 g/mol. The van der Waals surface area contributed by atoms with Crippen LogP contribution in [0.25, 0.3) is 0 Å². The molecule has 3 aromatic rings. The molecule has 1 fully saturated rings. The molecule has 0 atom stereocenters. The molecular formula is C23H22Cl2N6O3. The molecule has 0 bridgehead atoms. The Kier molecular flexibility index (Phi) is 6.42. The van der Waals surface area contributed by atoms with Crippen LogP contribution in [0.4, 0.5) is 23.0 Å². The summed E-state index contributed by atoms with van der Waals surface area (Å²) in [6.07, 6.45) is 1.41. The zero-order chi connectivity index (χ0) is 23.7. The number of carbonyl (C=O) groups is 1. The number of anilines is 4. The lowest BCUT2D eigenvalue weighted by Crippen LogP contribution is -2.43. The van der Waals surface area contributed by atoms with Gasteiger partial charge < -0.3 is 25.4 Å². The molecule has 2 aromatic carbocycles. The predicted octanol–water partition coefficient (Wildman–Crippen LogP) is 3.43. The van der Waals surface area contributed by atoms with Crippen molar-refractivity contribution < 1.29 is 14.6 Å². The van der Waals surface area contributed by atoms with Crippen LogP contribution in [0.1, 0.15) is 15.9 Å². The summed E-state index contributed by atoms with van der Waals surface area (Å²) in [6, 6.07) is 10.8. The molecule has 1 saturated heterocycles. The second-order valence-electron chi connectivity index (χ2n) is 7.85. The fourth-order valence-corrected chi connectivity index (χ4v) is 4.66. The number of piperazine rings is 1. The average molecular weight is 501 g/mol. The first-order chi connectivity index (χ1) is 16.5. The third kappa shape index (κ3) is 4.35. The second-order valence-corrected chi connectivity index (χ2v) is 8.67. The minimum atomic E-state index is -0.356. The summed E-state index contributed by atoms with van der Waals surface area (Å²) < 4.78 is 5.74. The van der Waals surface area contributed by atoms with Crippen molar-refractivity contribution in [3.05, 3.63) is 63.8 Å². The number of nitrogens with one attached hydrogen (secondary N) is 2. The summed E-state index contributed by atoms with van der Waals surface area (Å²) in [4.78, 5) is 25.3. The maximum atomic E-state index is 13.1. The van der Waals surface area contributed by atoms with E-state index in [2.05, 4.69) is 25.5 Å². The van der Waals surface area contributed by atoms with Gasteiger partial charge in [0.15, 0.2) is 6.73 Å². The predicted molar refractivity (Wildman–Crippen MR) is 132 cm³/mol. The van der Waals surface area contributed by atoms with Gasteiger partial charge in [0.2, 0.25) is 11.8 Å². The van der Waals surface area contributed by atoms with Crippen LogP contribution in [-0.4, -0.2) is 53.9 Å². The standard InChI is InChI=1S/C23H22Cl2N6O3/c24-17-2-1-3-18(25)20(17)31-13-34-21-16(22(31)33)11-27-23(29-21)28-15-4-5-19(14(10-15)12-32)30-8-6-26-7-9-30/h1-5,10-11,26,32H,6-9,12-13H2,(H,27,28,29). The fourth-order valence-electron chi connectivity index (χ4n) is 4.06. The van der Waals surface area contributed by atoms with Crippen molar-refractivity contribution >= 4 is 52.1 Å². The number of aromatic nitrogens is 2. The van der Waals surface area contributed by atoms with E-state index in [0.29, 0.717) is 15.7 Å². The topological polar surface area (TPSA) is 103 Å². The fraction of sp³-hybridized carbons (Fsp3) is 0.261. The Bertz CT molecular complexity index is 1220. The lowest BCUT2D eigenvalue weighted by Gasteiger charge is -2.31. The lowest BCUT2D eigenvalue weighted by atomic mass is 10.1. The second kappa shape index (κ2) is 9.63. The summed E-state index contributed by atoms with van der Waals surface area (Å²) in [5.41, 5.74) is 3.12. The van der Waals surface area contributed by atoms with Gasteiger partial charge >= 0.3 is 0 Å². The minimum Gasteiger partial charge on any atom is -0.455 e. The number of rotatable bonds is 5. The molecule has 0 radical (unpaired) electrons. The minimum absolute atomic E-state index is 0.0835. The Morgan fingerprint density at radius 3 is 2.65 bits per heavy atom. The van der Waals surface area contributed by atoms with Crippen LogP contribution < -0.4 is 25.2 Å². The number of aliphatic hydroxyl groups excluding tert-OH is 1. The van der Waals surface area contributed by atoms with Gasteiger partial charge in [-0.2, -0.15) is 4.98 Å². The Hall–Kier alpha value is -3.11. The van der Waals surface area contributed by atoms with Gasteiger partial charge in [0.1, 0.15) is 5.56 Å². The maximum absolute atomic E-state index is 13.1. The molecule has 0 aliphatic carbocycles. The molecule has 3 heterocycles. The highest BCUT2D eigenvalue weighted by molar-refractivity contribution is 6.40. The van der Waals surface area contributed by atoms with Crippen molar-refractivity contribution in [1.29, 1.82) is 0 Å². The van der Waals surface area contributed by atoms with E-state index >= 15 is 0 Å². The van der Waals surface area contributed by atoms with Gasteiger partial charge in [-0.05, 0) is 30.3 Å². The van der Waals surface area contributed by atoms with E-state index in [0.717, 1.165) is 43.1 Å². The van der Waals surface area contributed by atoms with Crippen LogP contribution in [-0.2, 0) is 6.61 Å². The first-order valence-corrected chi connectivity index (χ1v) is 11.5. The molecule has 176 valence electrons. The number of aliphatic hydroxyl groups is 1. The lowest BCUT2D eigenvalue weighted by molar-refractivity contribution is 0.0932. The first-order valence-electron chi connectivity index (χ1n) is 10.8. The highest BCUT2D eigenvalue weighted by Crippen LogP contribution is 2.37. The summed E-state index contributed by atoms with van der Waals surface area (Å²) in [5.74, 6) is 0.0853. The largest absolute Gasteiger partial charge is 0.455 e. The van der Waals surface area contributed by atoms with Gasteiger partial charge in [-0.15, -0.1) is 0 Å². The normalized spacial score (nSPS) is 15.7. The van der Waals surface area contributed by atoms with Crippen molar-refractivity contribution in [3.8, 4) is 5.88 Å². The van der Waals surface area contributed by atoms with Crippen LogP contribution in [0, 0.1) is 0 Å². The molecule has 9 nitrogen and oxygen atoms in total. The third-order valence-electron chi connectivity index (χ3n) is 5.73. The quantitative estimate of drug-likeness (QED) is 0.489. The summed E-state index contributed by atoms with van der Waals surface area (Å²) in [6.45, 7) is 3.42. The Labute approximate surface area is 206 Å². The van der Waals surface area contributed by atoms with Gasteiger partial charge in [0, 0.05) is 49.3 Å². The molecule has 1 aromatic heterocycles. The van der Waals surface area contributed by atoms with Gasteiger partial charge in [0.25, 0.3) is 5.91 Å². The number of nitrogens with zero attached hydrogens (tertiary/aromatic N) is 4. The Morgan fingerprint density at radius 2 is 1.91 bits per heavy atom. The van der Waals surface area contributed by atoms with E-state index in [1.807, 2.05) is 18.2 Å². The summed E-state index contributed by atoms with van der Waals surface area (Å²) in [5, 5.41) is 17.0. The number of amides is 1. The van der Waals surface area contributed by atoms with Crippen molar-refractivity contribution in [3.63, 3.8) is 0 Å². The number of benzene rings is 2. The van der Waals surface area contributed by atoms with E-state index < -0.39 is 0 Å². The van der Waals surface area contributed by atoms with E-state index in [4.69, 9.17) is 27.9 Å². The van der Waals surface area contributed by atoms with Crippen molar-refractivity contribution in [2.24, 2.45) is 0 Å². The van der Waals surface area contributed by atoms with E-state index in [1.165, 1.54) is 11.1 Å². The van der Waals surface area contributed by atoms with Crippen molar-refractivity contribution in [1.82, 2.24) is 15.3 Å². The van der Waals surface area contributed by atoms with E-state index in [9.17, 15) is 9.90 Å². The Balaban J connectivity index is 1.36. The van der Waals surface area contributed by atoms with Crippen LogP contribution >= 0.6 is 23.2 Å². The van der Waals surface area contributed by atoms with Gasteiger partial charge in [-0.1, -0.05) is 29.3 Å². The molecule has 0 spiro atoms. The van der Waals surface area contributed by atoms with Gasteiger partial charge in [-0.25, -0.2) is 4.98 Å². The monoisotopic (exact) mass is 500 g/mol. The maximum Gasteiger partial charge on any atom is 0.268 e. The highest BCUT2D eigenvalue weighted by Gasteiger charge is 2.31. The SMILES string of the molecule is O=C1c2cnc(Nc3ccc(N4CCNCC4)c(CO)c3)nc2OCN1c1c(Cl)cccc1Cl. The molecule has 3 N–H and O–H groups in total. The highest BCUT2D eigenvalue weighted by atomic mass is 35.5. The zero-order valence-electron chi connectivity index (χ0n) is 18.1. The first kappa shape index (κ1) is 22.7. The number of carbonyl (C=O) groups excluding carboxylic acids is 1. The van der Waals surface area contributed by atoms with Crippen LogP contribution in [0.5, 0.6) is 5.88 Å². The molecule has 1 amide bonds. The molecule has 5 rings (SSSR count). The number of para-hydroxylation sites is 1. The smallest absolute Gasteiger partial charge is 0.268 e. The van der Waals surface area contributed by atoms with E-state index in [1.54, 1.807) is 18.2 Å². The van der Waals surface area contributed by atoms with Crippen molar-refractivity contribution in [2.75, 3.05) is 48.0 Å². The number of fused-ring (bicyclic) bond motifs is 1. The van der Waals surface area contributed by atoms with Crippen LogP contribution in [0.15, 0.2) is 42.6 Å². The van der Waals surface area contributed by atoms with Crippen LogP contribution in [0.2, 0.25) is 10.0 Å². The molecule has 2 aliphatic rings. The van der Waals surface area contributed by atoms with E-state index in [-0.39, 0.29) is 36.6 Å². The molecule has 34 heavy (non-hydrogen) atoms. The van der Waals surface area contributed by atoms with Crippen molar-refractivity contribution in [2.45, 2.75) is 6.61 Å². The number of hydrogen-bond donors (Lipinski definition) is 3. The van der Waals surface area contributed by atoms with Gasteiger partial charge in [0.05, 0.1) is 22.3 Å². The molecule has 2 aliphatic heterocycles. The summed E-state index contributed by atoms with van der Waals surface area (Å²) >= 11 is 12.5. The zero-order valence-corrected chi connectivity index (χ0v) is 19.6. The molecule has 0 saturated carbocycles. The number of ether oxygens (including phenoxy) is 1. The van der Waals surface area contributed by atoms with Gasteiger partial charge in [-0.3, -0.25) is 9.69 Å². The average Bonchev–Trinajstić information content (AvgIpc) is 2.85.